The number of carbonyl (C=O) groups is 2. The number of hydrogen-bond donors (Lipinski definition) is 3. The first-order chi connectivity index (χ1) is 10.1. The minimum atomic E-state index is -0.728. The van der Waals surface area contributed by atoms with Crippen LogP contribution in [0.5, 0.6) is 0 Å². The number of aliphatic carboxylic acids is 1. The third-order valence-corrected chi connectivity index (χ3v) is 3.80. The highest BCUT2D eigenvalue weighted by molar-refractivity contribution is 5.74. The number of carboxylic acid groups (broad SMARTS) is 1. The van der Waals surface area contributed by atoms with Crippen LogP contribution in [0, 0.1) is 5.92 Å². The van der Waals surface area contributed by atoms with Crippen LogP contribution in [0.4, 0.5) is 4.79 Å². The minimum absolute atomic E-state index is 0.0791. The summed E-state index contributed by atoms with van der Waals surface area (Å²) in [5.74, 6) is -0.983. The van der Waals surface area contributed by atoms with Crippen LogP contribution in [0.15, 0.2) is 24.4 Å². The third kappa shape index (κ3) is 5.06. The first kappa shape index (κ1) is 15.3. The molecule has 6 nitrogen and oxygen atoms in total. The topological polar surface area (TPSA) is 91.3 Å². The van der Waals surface area contributed by atoms with E-state index >= 15 is 0 Å². The number of pyridine rings is 1. The van der Waals surface area contributed by atoms with Crippen LogP contribution in [0.2, 0.25) is 0 Å². The van der Waals surface area contributed by atoms with Gasteiger partial charge in [0.15, 0.2) is 0 Å². The molecule has 1 aromatic heterocycles. The zero-order valence-electron chi connectivity index (χ0n) is 11.9. The average Bonchev–Trinajstić information content (AvgIpc) is 2.49. The van der Waals surface area contributed by atoms with Crippen molar-refractivity contribution in [2.24, 2.45) is 5.92 Å². The lowest BCUT2D eigenvalue weighted by atomic mass is 9.86. The van der Waals surface area contributed by atoms with Crippen LogP contribution in [-0.4, -0.2) is 34.7 Å². The number of amides is 2. The molecule has 0 radical (unpaired) electrons. The van der Waals surface area contributed by atoms with Gasteiger partial charge in [0.1, 0.15) is 0 Å². The molecule has 21 heavy (non-hydrogen) atoms. The van der Waals surface area contributed by atoms with Gasteiger partial charge in [-0.15, -0.1) is 0 Å². The summed E-state index contributed by atoms with van der Waals surface area (Å²) in [5, 5.41) is 14.6. The highest BCUT2D eigenvalue weighted by atomic mass is 16.4. The molecule has 114 valence electrons. The van der Waals surface area contributed by atoms with Gasteiger partial charge >= 0.3 is 12.0 Å². The van der Waals surface area contributed by atoms with Gasteiger partial charge < -0.3 is 15.7 Å². The van der Waals surface area contributed by atoms with E-state index in [-0.39, 0.29) is 18.0 Å². The van der Waals surface area contributed by atoms with Gasteiger partial charge in [0, 0.05) is 30.9 Å². The molecule has 1 fully saturated rings. The fourth-order valence-electron chi connectivity index (χ4n) is 2.57. The maximum Gasteiger partial charge on any atom is 0.315 e. The lowest BCUT2D eigenvalue weighted by Gasteiger charge is -2.26. The van der Waals surface area contributed by atoms with E-state index in [0.717, 1.165) is 18.5 Å². The van der Waals surface area contributed by atoms with Crippen molar-refractivity contribution in [2.75, 3.05) is 6.54 Å². The SMILES string of the molecule is O=C(NCCc1ccccn1)NC1CCC(C(=O)O)CC1. The van der Waals surface area contributed by atoms with Gasteiger partial charge in [0.25, 0.3) is 0 Å². The lowest BCUT2D eigenvalue weighted by molar-refractivity contribution is -0.142. The van der Waals surface area contributed by atoms with E-state index in [0.29, 0.717) is 25.8 Å². The number of aromatic nitrogens is 1. The number of nitrogens with zero attached hydrogens (tertiary/aromatic N) is 1. The van der Waals surface area contributed by atoms with Crippen LogP contribution >= 0.6 is 0 Å². The van der Waals surface area contributed by atoms with Gasteiger partial charge in [-0.05, 0) is 37.8 Å². The Morgan fingerprint density at radius 1 is 1.24 bits per heavy atom. The van der Waals surface area contributed by atoms with Crippen molar-refractivity contribution in [2.45, 2.75) is 38.1 Å². The summed E-state index contributed by atoms with van der Waals surface area (Å²) < 4.78 is 0. The molecule has 0 aliphatic heterocycles. The third-order valence-electron chi connectivity index (χ3n) is 3.80. The van der Waals surface area contributed by atoms with Crippen molar-refractivity contribution in [3.05, 3.63) is 30.1 Å². The Bertz CT molecular complexity index is 470. The van der Waals surface area contributed by atoms with Crippen LogP contribution < -0.4 is 10.6 Å². The van der Waals surface area contributed by atoms with E-state index in [9.17, 15) is 9.59 Å². The molecule has 0 aromatic carbocycles. The lowest BCUT2D eigenvalue weighted by Crippen LogP contribution is -2.44. The normalized spacial score (nSPS) is 21.5. The van der Waals surface area contributed by atoms with E-state index in [1.165, 1.54) is 0 Å². The Labute approximate surface area is 124 Å². The number of carbonyl (C=O) groups excluding carboxylic acids is 1. The van der Waals surface area contributed by atoms with Gasteiger partial charge in [-0.2, -0.15) is 0 Å². The Morgan fingerprint density at radius 2 is 2.00 bits per heavy atom. The molecule has 1 heterocycles. The smallest absolute Gasteiger partial charge is 0.315 e. The van der Waals surface area contributed by atoms with E-state index in [2.05, 4.69) is 15.6 Å². The van der Waals surface area contributed by atoms with Crippen LogP contribution in [0.1, 0.15) is 31.4 Å². The first-order valence-electron chi connectivity index (χ1n) is 7.32. The molecule has 0 atom stereocenters. The molecule has 1 aromatic rings. The zero-order valence-corrected chi connectivity index (χ0v) is 11.9. The molecule has 2 amide bonds. The van der Waals surface area contributed by atoms with Crippen LogP contribution in [-0.2, 0) is 11.2 Å². The monoisotopic (exact) mass is 291 g/mol. The second-order valence-corrected chi connectivity index (χ2v) is 5.36. The van der Waals surface area contributed by atoms with E-state index in [1.807, 2.05) is 18.2 Å². The summed E-state index contributed by atoms with van der Waals surface area (Å²) in [6.45, 7) is 0.535. The van der Waals surface area contributed by atoms with E-state index in [1.54, 1.807) is 6.20 Å². The summed E-state index contributed by atoms with van der Waals surface area (Å²) in [7, 11) is 0. The predicted octanol–water partition coefficient (Wildman–Crippen LogP) is 1.57. The second kappa shape index (κ2) is 7.61. The second-order valence-electron chi connectivity index (χ2n) is 5.36. The van der Waals surface area contributed by atoms with Gasteiger partial charge in [0.05, 0.1) is 5.92 Å². The molecular weight excluding hydrogens is 270 g/mol. The molecule has 1 aliphatic carbocycles. The Kier molecular flexibility index (Phi) is 5.54. The fraction of sp³-hybridized carbons (Fsp3) is 0.533. The molecular formula is C15H21N3O3. The quantitative estimate of drug-likeness (QED) is 0.768. The van der Waals surface area contributed by atoms with Gasteiger partial charge in [-0.1, -0.05) is 6.07 Å². The molecule has 0 spiro atoms. The first-order valence-corrected chi connectivity index (χ1v) is 7.32. The molecule has 1 saturated carbocycles. The van der Waals surface area contributed by atoms with Crippen molar-refractivity contribution in [3.63, 3.8) is 0 Å². The summed E-state index contributed by atoms with van der Waals surface area (Å²) in [6, 6.07) is 5.59. The minimum Gasteiger partial charge on any atom is -0.481 e. The molecule has 3 N–H and O–H groups in total. The Morgan fingerprint density at radius 3 is 2.62 bits per heavy atom. The van der Waals surface area contributed by atoms with E-state index in [4.69, 9.17) is 5.11 Å². The number of hydrogen-bond acceptors (Lipinski definition) is 3. The highest BCUT2D eigenvalue weighted by Crippen LogP contribution is 2.24. The maximum atomic E-state index is 11.8. The molecule has 1 aliphatic rings. The maximum absolute atomic E-state index is 11.8. The van der Waals surface area contributed by atoms with E-state index < -0.39 is 5.97 Å². The van der Waals surface area contributed by atoms with Crippen LogP contribution in [0.3, 0.4) is 0 Å². The molecule has 0 saturated heterocycles. The standard InChI is InChI=1S/C15H21N3O3/c19-14(20)11-4-6-13(7-5-11)18-15(21)17-10-8-12-3-1-2-9-16-12/h1-3,9,11,13H,4-8,10H2,(H,19,20)(H2,17,18,21). The van der Waals surface area contributed by atoms with Crippen molar-refractivity contribution in [3.8, 4) is 0 Å². The van der Waals surface area contributed by atoms with Crippen LogP contribution in [0.25, 0.3) is 0 Å². The Hall–Kier alpha value is -2.11. The average molecular weight is 291 g/mol. The molecule has 0 unspecified atom stereocenters. The molecule has 6 heteroatoms. The molecule has 2 rings (SSSR count). The number of rotatable bonds is 5. The Balaban J connectivity index is 1.63. The number of carboxylic acids is 1. The largest absolute Gasteiger partial charge is 0.481 e. The van der Waals surface area contributed by atoms with Crippen molar-refractivity contribution >= 4 is 12.0 Å². The summed E-state index contributed by atoms with van der Waals surface area (Å²) >= 11 is 0. The predicted molar refractivity (Wildman–Crippen MR) is 77.9 cm³/mol. The van der Waals surface area contributed by atoms with Crippen molar-refractivity contribution < 1.29 is 14.7 Å². The summed E-state index contributed by atoms with van der Waals surface area (Å²) in [6.07, 6.45) is 5.15. The van der Waals surface area contributed by atoms with Gasteiger partial charge in [-0.3, -0.25) is 9.78 Å². The molecule has 0 bridgehead atoms. The fourth-order valence-corrected chi connectivity index (χ4v) is 2.57. The summed E-state index contributed by atoms with van der Waals surface area (Å²) in [5.41, 5.74) is 0.944. The van der Waals surface area contributed by atoms with Gasteiger partial charge in [0.2, 0.25) is 0 Å². The number of urea groups is 1. The van der Waals surface area contributed by atoms with Crippen molar-refractivity contribution in [1.82, 2.24) is 15.6 Å². The van der Waals surface area contributed by atoms with Crippen molar-refractivity contribution in [1.29, 1.82) is 0 Å². The highest BCUT2D eigenvalue weighted by Gasteiger charge is 2.26. The zero-order chi connectivity index (χ0) is 15.1. The number of nitrogens with one attached hydrogen (secondary N) is 2. The summed E-state index contributed by atoms with van der Waals surface area (Å²) in [4.78, 5) is 26.8. The van der Waals surface area contributed by atoms with Gasteiger partial charge in [-0.25, -0.2) is 4.79 Å².